The fourth-order valence-electron chi connectivity index (χ4n) is 3.18. The smallest absolute Gasteiger partial charge is 0.238 e. The maximum Gasteiger partial charge on any atom is 0.238 e. The van der Waals surface area contributed by atoms with E-state index in [1.54, 1.807) is 13.0 Å². The van der Waals surface area contributed by atoms with E-state index in [4.69, 9.17) is 16.7 Å². The van der Waals surface area contributed by atoms with Crippen molar-refractivity contribution in [2.75, 3.05) is 5.32 Å². The molecule has 3 N–H and O–H groups in total. The number of rotatable bonds is 5. The molecule has 0 unspecified atom stereocenters. The molecule has 0 aliphatic heterocycles. The highest BCUT2D eigenvalue weighted by molar-refractivity contribution is 7.89. The lowest BCUT2D eigenvalue weighted by Gasteiger charge is -2.12. The molecule has 0 atom stereocenters. The molecule has 0 bridgehead atoms. The second-order valence-corrected chi connectivity index (χ2v) is 8.95. The van der Waals surface area contributed by atoms with E-state index in [1.807, 2.05) is 54.6 Å². The SMILES string of the molecule is Cc1cc(S(N)(=O)=O)ccc1Nc1ncc(Cl)c(-c2cccc(-c3ccccc3)c2)n1. The van der Waals surface area contributed by atoms with Crippen molar-refractivity contribution in [2.24, 2.45) is 5.14 Å². The Morgan fingerprint density at radius 1 is 0.903 bits per heavy atom. The second-order valence-electron chi connectivity index (χ2n) is 6.98. The number of hydrogen-bond donors (Lipinski definition) is 2. The van der Waals surface area contributed by atoms with E-state index in [0.29, 0.717) is 27.9 Å². The number of nitrogens with zero attached hydrogens (tertiary/aromatic N) is 2. The molecule has 0 aliphatic carbocycles. The van der Waals surface area contributed by atoms with Crippen molar-refractivity contribution in [3.05, 3.63) is 89.6 Å². The third-order valence-electron chi connectivity index (χ3n) is 4.76. The molecule has 0 radical (unpaired) electrons. The summed E-state index contributed by atoms with van der Waals surface area (Å²) in [5.41, 5.74) is 4.96. The molecule has 4 rings (SSSR count). The highest BCUT2D eigenvalue weighted by Gasteiger charge is 2.13. The van der Waals surface area contributed by atoms with Gasteiger partial charge < -0.3 is 5.32 Å². The number of primary sulfonamides is 1. The van der Waals surface area contributed by atoms with Crippen LogP contribution in [0.15, 0.2) is 83.9 Å². The van der Waals surface area contributed by atoms with Crippen LogP contribution in [0.25, 0.3) is 22.4 Å². The van der Waals surface area contributed by atoms with Gasteiger partial charge in [-0.3, -0.25) is 0 Å². The summed E-state index contributed by atoms with van der Waals surface area (Å²) in [6.45, 7) is 1.77. The predicted octanol–water partition coefficient (Wildman–Crippen LogP) is 5.16. The van der Waals surface area contributed by atoms with Crippen LogP contribution >= 0.6 is 11.6 Å². The molecule has 0 amide bonds. The van der Waals surface area contributed by atoms with Crippen molar-refractivity contribution in [1.82, 2.24) is 9.97 Å². The monoisotopic (exact) mass is 450 g/mol. The van der Waals surface area contributed by atoms with Crippen molar-refractivity contribution in [3.8, 4) is 22.4 Å². The van der Waals surface area contributed by atoms with Gasteiger partial charge in [0.2, 0.25) is 16.0 Å². The van der Waals surface area contributed by atoms with Crippen LogP contribution < -0.4 is 10.5 Å². The zero-order valence-corrected chi connectivity index (χ0v) is 18.2. The zero-order chi connectivity index (χ0) is 22.0. The Bertz CT molecular complexity index is 1360. The lowest BCUT2D eigenvalue weighted by atomic mass is 10.0. The fourth-order valence-corrected chi connectivity index (χ4v) is 3.98. The second kappa shape index (κ2) is 8.47. The van der Waals surface area contributed by atoms with Gasteiger partial charge in [-0.1, -0.05) is 60.1 Å². The molecular weight excluding hydrogens is 432 g/mol. The fraction of sp³-hybridized carbons (Fsp3) is 0.0435. The standard InChI is InChI=1S/C23H19ClN4O2S/c1-15-12-19(31(25,29)30)10-11-21(15)27-23-26-14-20(24)22(28-23)18-9-5-8-17(13-18)16-6-3-2-4-7-16/h2-14H,1H3,(H2,25,29,30)(H,26,27,28). The first kappa shape index (κ1) is 21.0. The van der Waals surface area contributed by atoms with E-state index >= 15 is 0 Å². The summed E-state index contributed by atoms with van der Waals surface area (Å²) < 4.78 is 23.1. The van der Waals surface area contributed by atoms with Gasteiger partial charge in [0.25, 0.3) is 0 Å². The van der Waals surface area contributed by atoms with Gasteiger partial charge in [0.15, 0.2) is 0 Å². The van der Waals surface area contributed by atoms with Crippen LogP contribution in [-0.2, 0) is 10.0 Å². The van der Waals surface area contributed by atoms with E-state index < -0.39 is 10.0 Å². The number of halogens is 1. The molecular formula is C23H19ClN4O2S. The summed E-state index contributed by atoms with van der Waals surface area (Å²) in [5.74, 6) is 0.343. The van der Waals surface area contributed by atoms with Crippen LogP contribution in [0.4, 0.5) is 11.6 Å². The molecule has 3 aromatic carbocycles. The number of aromatic nitrogens is 2. The summed E-state index contributed by atoms with van der Waals surface area (Å²) in [6.07, 6.45) is 1.54. The molecule has 31 heavy (non-hydrogen) atoms. The van der Waals surface area contributed by atoms with Gasteiger partial charge in [-0.15, -0.1) is 0 Å². The van der Waals surface area contributed by atoms with Crippen LogP contribution in [0.2, 0.25) is 5.02 Å². The molecule has 8 heteroatoms. The van der Waals surface area contributed by atoms with Crippen molar-refractivity contribution in [3.63, 3.8) is 0 Å². The quantitative estimate of drug-likeness (QED) is 0.437. The number of sulfonamides is 1. The lowest BCUT2D eigenvalue weighted by Crippen LogP contribution is -2.12. The molecule has 0 saturated heterocycles. The van der Waals surface area contributed by atoms with E-state index in [1.165, 1.54) is 18.3 Å². The Kier molecular flexibility index (Phi) is 5.73. The molecule has 4 aromatic rings. The van der Waals surface area contributed by atoms with Gasteiger partial charge in [0.1, 0.15) is 0 Å². The molecule has 6 nitrogen and oxygen atoms in total. The van der Waals surface area contributed by atoms with E-state index in [9.17, 15) is 8.42 Å². The maximum atomic E-state index is 11.5. The van der Waals surface area contributed by atoms with Crippen LogP contribution in [0.5, 0.6) is 0 Å². The van der Waals surface area contributed by atoms with Crippen LogP contribution in [0.3, 0.4) is 0 Å². The van der Waals surface area contributed by atoms with Crippen LogP contribution in [-0.4, -0.2) is 18.4 Å². The van der Waals surface area contributed by atoms with E-state index in [2.05, 4.69) is 15.3 Å². The van der Waals surface area contributed by atoms with Crippen LogP contribution in [0, 0.1) is 6.92 Å². The summed E-state index contributed by atoms with van der Waals surface area (Å²) in [4.78, 5) is 8.89. The number of benzene rings is 3. The normalized spacial score (nSPS) is 11.3. The number of aryl methyl sites for hydroxylation is 1. The number of anilines is 2. The molecule has 0 fully saturated rings. The van der Waals surface area contributed by atoms with Gasteiger partial charge in [-0.05, 0) is 47.9 Å². The summed E-state index contributed by atoms with van der Waals surface area (Å²) in [5, 5.41) is 8.74. The lowest BCUT2D eigenvalue weighted by molar-refractivity contribution is 0.597. The topological polar surface area (TPSA) is 98.0 Å². The molecule has 156 valence electrons. The molecule has 0 aliphatic rings. The molecule has 0 spiro atoms. The first-order valence-corrected chi connectivity index (χ1v) is 11.3. The first-order chi connectivity index (χ1) is 14.8. The minimum Gasteiger partial charge on any atom is -0.324 e. The average Bonchev–Trinajstić information content (AvgIpc) is 2.76. The van der Waals surface area contributed by atoms with Crippen LogP contribution in [0.1, 0.15) is 5.56 Å². The first-order valence-electron chi connectivity index (χ1n) is 9.40. The van der Waals surface area contributed by atoms with Crippen molar-refractivity contribution in [2.45, 2.75) is 11.8 Å². The summed E-state index contributed by atoms with van der Waals surface area (Å²) >= 11 is 6.40. The van der Waals surface area contributed by atoms with Gasteiger partial charge >= 0.3 is 0 Å². The Morgan fingerprint density at radius 3 is 2.32 bits per heavy atom. The third-order valence-corrected chi connectivity index (χ3v) is 5.95. The third kappa shape index (κ3) is 4.74. The highest BCUT2D eigenvalue weighted by atomic mass is 35.5. The number of nitrogens with one attached hydrogen (secondary N) is 1. The predicted molar refractivity (Wildman–Crippen MR) is 124 cm³/mol. The largest absolute Gasteiger partial charge is 0.324 e. The van der Waals surface area contributed by atoms with Gasteiger partial charge in [-0.25, -0.2) is 23.5 Å². The van der Waals surface area contributed by atoms with Crippen molar-refractivity contribution in [1.29, 1.82) is 0 Å². The van der Waals surface area contributed by atoms with E-state index in [0.717, 1.165) is 16.7 Å². The van der Waals surface area contributed by atoms with E-state index in [-0.39, 0.29) is 4.90 Å². The minimum atomic E-state index is -3.77. The zero-order valence-electron chi connectivity index (χ0n) is 16.6. The van der Waals surface area contributed by atoms with Crippen molar-refractivity contribution >= 4 is 33.3 Å². The Morgan fingerprint density at radius 2 is 1.61 bits per heavy atom. The Balaban J connectivity index is 1.67. The molecule has 0 saturated carbocycles. The number of hydrogen-bond acceptors (Lipinski definition) is 5. The van der Waals surface area contributed by atoms with Gasteiger partial charge in [0, 0.05) is 11.3 Å². The maximum absolute atomic E-state index is 11.5. The Labute approximate surface area is 185 Å². The average molecular weight is 451 g/mol. The number of nitrogens with two attached hydrogens (primary N) is 1. The van der Waals surface area contributed by atoms with Gasteiger partial charge in [-0.2, -0.15) is 0 Å². The summed E-state index contributed by atoms with van der Waals surface area (Å²) in [6, 6.07) is 22.6. The van der Waals surface area contributed by atoms with Crippen molar-refractivity contribution < 1.29 is 8.42 Å². The molecule has 1 heterocycles. The molecule has 1 aromatic heterocycles. The van der Waals surface area contributed by atoms with Gasteiger partial charge in [0.05, 0.1) is 21.8 Å². The minimum absolute atomic E-state index is 0.0472. The summed E-state index contributed by atoms with van der Waals surface area (Å²) in [7, 11) is -3.77. The highest BCUT2D eigenvalue weighted by Crippen LogP contribution is 2.31. The Hall–Kier alpha value is -3.26.